The van der Waals surface area contributed by atoms with E-state index < -0.39 is 11.7 Å². The zero-order chi connectivity index (χ0) is 25.8. The van der Waals surface area contributed by atoms with Gasteiger partial charge in [0.05, 0.1) is 35.6 Å². The van der Waals surface area contributed by atoms with Gasteiger partial charge >= 0.3 is 6.18 Å². The molecule has 10 heteroatoms. The first-order chi connectivity index (χ1) is 16.6. The lowest BCUT2D eigenvalue weighted by Gasteiger charge is -2.45. The smallest absolute Gasteiger partial charge is 0.363 e. The Balaban J connectivity index is 1.85. The number of benzene rings is 1. The Morgan fingerprint density at radius 1 is 1.29 bits per heavy atom. The van der Waals surface area contributed by atoms with Crippen LogP contribution in [0.25, 0.3) is 5.70 Å². The van der Waals surface area contributed by atoms with E-state index >= 15 is 0 Å². The summed E-state index contributed by atoms with van der Waals surface area (Å²) in [5.41, 5.74) is 1.48. The Morgan fingerprint density at radius 2 is 1.97 bits per heavy atom. The van der Waals surface area contributed by atoms with Crippen molar-refractivity contribution in [3.05, 3.63) is 59.2 Å². The fraction of sp³-hybridized carbons (Fsp3) is 0.480. The maximum absolute atomic E-state index is 12.9. The second-order valence-electron chi connectivity index (χ2n) is 8.82. The number of nitriles is 1. The number of piperazine rings is 1. The summed E-state index contributed by atoms with van der Waals surface area (Å²) < 4.78 is 40.7. The molecular weight excluding hydrogens is 457 g/mol. The number of alkyl halides is 3. The average molecular weight is 489 g/mol. The highest BCUT2D eigenvalue weighted by molar-refractivity contribution is 5.79. The molecule has 2 unspecified atom stereocenters. The standard InChI is InChI=1S/C25H31F3N6O/c1-5-22-17-32(18(2)19-6-8-20(9-7-19)25(26,27)28)13-14-33(22)23(11-15-35)24-30-21(10-12-29)16-34(24)31(3)4/h6-9,11,15-16,18,22H,5,10,13-14,17H2,1-4H3/b23-11+. The van der Waals surface area contributed by atoms with Crippen molar-refractivity contribution in [2.75, 3.05) is 38.7 Å². The summed E-state index contributed by atoms with van der Waals surface area (Å²) in [4.78, 5) is 20.7. The number of rotatable bonds is 8. The van der Waals surface area contributed by atoms with E-state index in [-0.39, 0.29) is 18.5 Å². The van der Waals surface area contributed by atoms with Gasteiger partial charge in [-0.3, -0.25) is 9.69 Å². The number of hydrogen-bond acceptors (Lipinski definition) is 6. The number of carbonyl (C=O) groups is 1. The minimum absolute atomic E-state index is 0.0574. The van der Waals surface area contributed by atoms with Gasteiger partial charge in [-0.15, -0.1) is 0 Å². The summed E-state index contributed by atoms with van der Waals surface area (Å²) in [6.07, 6.45) is 0.667. The van der Waals surface area contributed by atoms with Gasteiger partial charge in [0.15, 0.2) is 5.82 Å². The Morgan fingerprint density at radius 3 is 2.51 bits per heavy atom. The molecule has 3 rings (SSSR count). The van der Waals surface area contributed by atoms with Crippen molar-refractivity contribution in [1.82, 2.24) is 19.5 Å². The quantitative estimate of drug-likeness (QED) is 0.415. The Hall–Kier alpha value is -3.32. The van der Waals surface area contributed by atoms with E-state index in [1.807, 2.05) is 30.7 Å². The average Bonchev–Trinajstić information content (AvgIpc) is 3.25. The monoisotopic (exact) mass is 488 g/mol. The third-order valence-corrected chi connectivity index (χ3v) is 6.45. The molecule has 0 amide bonds. The van der Waals surface area contributed by atoms with E-state index in [1.165, 1.54) is 6.08 Å². The number of allylic oxidation sites excluding steroid dienone is 1. The lowest BCUT2D eigenvalue weighted by Crippen LogP contribution is -2.52. The summed E-state index contributed by atoms with van der Waals surface area (Å²) in [5.74, 6) is 0.593. The number of aldehydes is 1. The highest BCUT2D eigenvalue weighted by Gasteiger charge is 2.33. The molecule has 35 heavy (non-hydrogen) atoms. The lowest BCUT2D eigenvalue weighted by molar-refractivity contribution is -0.137. The molecule has 2 atom stereocenters. The van der Waals surface area contributed by atoms with Crippen LogP contribution in [0, 0.1) is 11.3 Å². The van der Waals surface area contributed by atoms with Crippen molar-refractivity contribution >= 4 is 12.0 Å². The van der Waals surface area contributed by atoms with Crippen LogP contribution < -0.4 is 5.01 Å². The molecule has 0 aliphatic carbocycles. The molecule has 1 saturated heterocycles. The largest absolute Gasteiger partial charge is 0.416 e. The fourth-order valence-corrected chi connectivity index (χ4v) is 4.49. The summed E-state index contributed by atoms with van der Waals surface area (Å²) in [6, 6.07) is 7.47. The molecule has 0 radical (unpaired) electrons. The highest BCUT2D eigenvalue weighted by Crippen LogP contribution is 2.33. The van der Waals surface area contributed by atoms with Crippen LogP contribution >= 0.6 is 0 Å². The molecule has 7 nitrogen and oxygen atoms in total. The van der Waals surface area contributed by atoms with Crippen molar-refractivity contribution in [3.8, 4) is 6.07 Å². The minimum Gasteiger partial charge on any atom is -0.363 e. The Kier molecular flexibility index (Phi) is 8.22. The molecule has 1 aliphatic heterocycles. The van der Waals surface area contributed by atoms with Gasteiger partial charge in [-0.2, -0.15) is 18.4 Å². The number of imidazole rings is 1. The van der Waals surface area contributed by atoms with Crippen molar-refractivity contribution in [2.24, 2.45) is 0 Å². The summed E-state index contributed by atoms with van der Waals surface area (Å²) >= 11 is 0. The van der Waals surface area contributed by atoms with E-state index in [9.17, 15) is 18.0 Å². The van der Waals surface area contributed by atoms with Crippen LogP contribution in [0.2, 0.25) is 0 Å². The Labute approximate surface area is 204 Å². The van der Waals surface area contributed by atoms with E-state index in [0.29, 0.717) is 36.8 Å². The SMILES string of the molecule is CCC1CN(C(C)c2ccc(C(F)(F)F)cc2)CCN1/C(=C/C=O)c1nc(CC#N)cn1N(C)C. The zero-order valence-corrected chi connectivity index (χ0v) is 20.5. The number of hydrogen-bond donors (Lipinski definition) is 0. The minimum atomic E-state index is -4.35. The van der Waals surface area contributed by atoms with Crippen LogP contribution in [0.15, 0.2) is 36.5 Å². The van der Waals surface area contributed by atoms with Gasteiger partial charge in [-0.05, 0) is 31.0 Å². The molecule has 0 bridgehead atoms. The number of aromatic nitrogens is 2. The third-order valence-electron chi connectivity index (χ3n) is 6.45. The topological polar surface area (TPSA) is 68.4 Å². The van der Waals surface area contributed by atoms with Crippen molar-refractivity contribution in [3.63, 3.8) is 0 Å². The molecule has 1 aliphatic rings. The molecule has 2 aromatic rings. The third kappa shape index (κ3) is 5.85. The molecule has 1 aromatic carbocycles. The first kappa shape index (κ1) is 26.3. The zero-order valence-electron chi connectivity index (χ0n) is 20.5. The maximum atomic E-state index is 12.9. The molecule has 0 spiro atoms. The molecule has 1 fully saturated rings. The van der Waals surface area contributed by atoms with E-state index in [0.717, 1.165) is 30.4 Å². The number of halogens is 3. The number of nitrogens with zero attached hydrogens (tertiary/aromatic N) is 6. The van der Waals surface area contributed by atoms with Gasteiger partial charge < -0.3 is 9.91 Å². The Bertz CT molecular complexity index is 1080. The summed E-state index contributed by atoms with van der Waals surface area (Å²) in [5, 5.41) is 10.9. The van der Waals surface area contributed by atoms with Crippen LogP contribution in [-0.2, 0) is 17.4 Å². The first-order valence-electron chi connectivity index (χ1n) is 11.6. The molecule has 188 valence electrons. The van der Waals surface area contributed by atoms with Gasteiger partial charge in [0.2, 0.25) is 0 Å². The normalized spacial score (nSPS) is 18.3. The van der Waals surface area contributed by atoms with E-state index in [1.54, 1.807) is 18.3 Å². The van der Waals surface area contributed by atoms with E-state index in [2.05, 4.69) is 27.8 Å². The van der Waals surface area contributed by atoms with Crippen molar-refractivity contribution in [2.45, 2.75) is 44.9 Å². The van der Waals surface area contributed by atoms with Crippen LogP contribution in [-0.4, -0.2) is 65.5 Å². The van der Waals surface area contributed by atoms with Crippen LogP contribution in [0.3, 0.4) is 0 Å². The van der Waals surface area contributed by atoms with Crippen LogP contribution in [0.4, 0.5) is 13.2 Å². The van der Waals surface area contributed by atoms with Gasteiger partial charge in [0.1, 0.15) is 6.29 Å². The van der Waals surface area contributed by atoms with E-state index in [4.69, 9.17) is 5.26 Å². The summed E-state index contributed by atoms with van der Waals surface area (Å²) in [7, 11) is 3.72. The molecule has 1 aromatic heterocycles. The first-order valence-corrected chi connectivity index (χ1v) is 11.6. The predicted octanol–water partition coefficient (Wildman–Crippen LogP) is 3.86. The van der Waals surface area contributed by atoms with Crippen molar-refractivity contribution < 1.29 is 18.0 Å². The van der Waals surface area contributed by atoms with Gasteiger partial charge in [-0.25, -0.2) is 9.66 Å². The molecular formula is C25H31F3N6O. The molecule has 0 saturated carbocycles. The van der Waals surface area contributed by atoms with Gasteiger partial charge in [0.25, 0.3) is 0 Å². The lowest BCUT2D eigenvalue weighted by atomic mass is 10.0. The second kappa shape index (κ2) is 11.0. The summed E-state index contributed by atoms with van der Waals surface area (Å²) in [6.45, 7) is 6.05. The molecule has 0 N–H and O–H groups in total. The number of carbonyl (C=O) groups excluding carboxylic acids is 1. The second-order valence-corrected chi connectivity index (χ2v) is 8.82. The predicted molar refractivity (Wildman–Crippen MR) is 128 cm³/mol. The van der Waals surface area contributed by atoms with Crippen LogP contribution in [0.5, 0.6) is 0 Å². The molecule has 2 heterocycles. The maximum Gasteiger partial charge on any atom is 0.416 e. The van der Waals surface area contributed by atoms with Gasteiger partial charge in [-0.1, -0.05) is 19.1 Å². The highest BCUT2D eigenvalue weighted by atomic mass is 19.4. The fourth-order valence-electron chi connectivity index (χ4n) is 4.49. The van der Waals surface area contributed by atoms with Gasteiger partial charge in [0, 0.05) is 51.9 Å². The van der Waals surface area contributed by atoms with Crippen molar-refractivity contribution in [1.29, 1.82) is 5.26 Å². The van der Waals surface area contributed by atoms with Crippen LogP contribution in [0.1, 0.15) is 49.0 Å².